The molecule has 3 aromatic rings. The molecule has 1 fully saturated rings. The van der Waals surface area contributed by atoms with E-state index in [1.165, 1.54) is 29.5 Å². The van der Waals surface area contributed by atoms with Gasteiger partial charge in [-0.2, -0.15) is 4.68 Å². The predicted molar refractivity (Wildman–Crippen MR) is 125 cm³/mol. The summed E-state index contributed by atoms with van der Waals surface area (Å²) in [6.07, 6.45) is 3.88. The average molecular weight is 484 g/mol. The van der Waals surface area contributed by atoms with Crippen LogP contribution < -0.4 is 10.2 Å². The molecule has 0 aliphatic carbocycles. The number of rotatable bonds is 6. The quantitative estimate of drug-likeness (QED) is 0.578. The summed E-state index contributed by atoms with van der Waals surface area (Å²) in [6.45, 7) is 3.29. The Hall–Kier alpha value is -2.78. The van der Waals surface area contributed by atoms with Crippen molar-refractivity contribution in [2.45, 2.75) is 12.8 Å². The molecule has 9 heteroatoms. The van der Waals surface area contributed by atoms with Crippen LogP contribution in [0.2, 0.25) is 0 Å². The molecule has 0 atom stereocenters. The van der Waals surface area contributed by atoms with E-state index in [1.54, 1.807) is 6.07 Å². The normalized spacial score (nSPS) is 14.8. The van der Waals surface area contributed by atoms with Crippen molar-refractivity contribution in [1.82, 2.24) is 25.1 Å². The van der Waals surface area contributed by atoms with Crippen molar-refractivity contribution in [2.75, 3.05) is 43.9 Å². The highest BCUT2D eigenvalue weighted by atomic mass is 79.9. The first kappa shape index (κ1) is 21.5. The van der Waals surface area contributed by atoms with Gasteiger partial charge in [-0.1, -0.05) is 15.9 Å². The lowest BCUT2D eigenvalue weighted by atomic mass is 9.96. The number of carbonyl (C=O) groups is 1. The molecule has 1 N–H and O–H groups in total. The van der Waals surface area contributed by atoms with E-state index >= 15 is 0 Å². The van der Waals surface area contributed by atoms with E-state index in [-0.39, 0.29) is 5.91 Å². The highest BCUT2D eigenvalue weighted by Gasteiger charge is 2.20. The van der Waals surface area contributed by atoms with E-state index in [1.807, 2.05) is 24.3 Å². The Balaban J connectivity index is 1.42. The summed E-state index contributed by atoms with van der Waals surface area (Å²) >= 11 is 3.44. The maximum Gasteiger partial charge on any atom is 0.257 e. The van der Waals surface area contributed by atoms with Gasteiger partial charge in [0.1, 0.15) is 6.33 Å². The van der Waals surface area contributed by atoms with Gasteiger partial charge < -0.3 is 15.1 Å². The number of carbonyl (C=O) groups excluding carboxylic acids is 1. The van der Waals surface area contributed by atoms with Crippen LogP contribution in [0.25, 0.3) is 5.69 Å². The molecule has 8 nitrogen and oxygen atoms in total. The van der Waals surface area contributed by atoms with Crippen LogP contribution in [0.5, 0.6) is 0 Å². The second kappa shape index (κ2) is 9.57. The van der Waals surface area contributed by atoms with Crippen LogP contribution in [0.4, 0.5) is 11.4 Å². The Morgan fingerprint density at radius 2 is 1.90 bits per heavy atom. The minimum Gasteiger partial charge on any atom is -0.372 e. The standard InChI is InChI=1S/C22H26BrN7O/c1-28(2)14-16-9-11-29(12-10-16)19-6-4-18(5-7-19)25-22(31)20-8-3-17(23)13-21(20)30-15-24-26-27-30/h3-8,13,15-16H,9-12,14H2,1-2H3,(H,25,31). The number of halogens is 1. The molecule has 1 aliphatic rings. The summed E-state index contributed by atoms with van der Waals surface area (Å²) in [5.41, 5.74) is 3.04. The molecule has 0 unspecified atom stereocenters. The first-order chi connectivity index (χ1) is 15.0. The largest absolute Gasteiger partial charge is 0.372 e. The molecule has 162 valence electrons. The summed E-state index contributed by atoms with van der Waals surface area (Å²) in [7, 11) is 4.28. The van der Waals surface area contributed by atoms with Crippen LogP contribution in [0.1, 0.15) is 23.2 Å². The smallest absolute Gasteiger partial charge is 0.257 e. The third-order valence-electron chi connectivity index (χ3n) is 5.53. The van der Waals surface area contributed by atoms with Crippen LogP contribution >= 0.6 is 15.9 Å². The third kappa shape index (κ3) is 5.29. The number of aromatic nitrogens is 4. The molecular formula is C22H26BrN7O. The molecule has 31 heavy (non-hydrogen) atoms. The molecule has 2 aromatic carbocycles. The van der Waals surface area contributed by atoms with E-state index in [0.717, 1.165) is 35.7 Å². The van der Waals surface area contributed by atoms with Gasteiger partial charge in [0.2, 0.25) is 0 Å². The monoisotopic (exact) mass is 483 g/mol. The van der Waals surface area contributed by atoms with Crippen molar-refractivity contribution in [2.24, 2.45) is 5.92 Å². The molecule has 0 spiro atoms. The molecule has 1 saturated heterocycles. The van der Waals surface area contributed by atoms with Gasteiger partial charge in [0.15, 0.2) is 0 Å². The number of benzene rings is 2. The lowest BCUT2D eigenvalue weighted by Gasteiger charge is -2.34. The minimum absolute atomic E-state index is 0.213. The zero-order valence-corrected chi connectivity index (χ0v) is 19.3. The van der Waals surface area contributed by atoms with Gasteiger partial charge in [-0.15, -0.1) is 5.10 Å². The number of anilines is 2. The summed E-state index contributed by atoms with van der Waals surface area (Å²) in [4.78, 5) is 17.6. The second-order valence-electron chi connectivity index (χ2n) is 8.11. The average Bonchev–Trinajstić information content (AvgIpc) is 3.29. The second-order valence-corrected chi connectivity index (χ2v) is 9.03. The minimum atomic E-state index is -0.213. The van der Waals surface area contributed by atoms with Gasteiger partial charge in [0.25, 0.3) is 5.91 Å². The van der Waals surface area contributed by atoms with Crippen molar-refractivity contribution in [3.63, 3.8) is 0 Å². The van der Waals surface area contributed by atoms with Gasteiger partial charge in [-0.3, -0.25) is 4.79 Å². The van der Waals surface area contributed by atoms with Gasteiger partial charge in [-0.25, -0.2) is 0 Å². The van der Waals surface area contributed by atoms with Crippen molar-refractivity contribution in [1.29, 1.82) is 0 Å². The molecule has 4 rings (SSSR count). The highest BCUT2D eigenvalue weighted by molar-refractivity contribution is 9.10. The number of tetrazole rings is 1. The zero-order valence-electron chi connectivity index (χ0n) is 17.7. The van der Waals surface area contributed by atoms with Gasteiger partial charge in [0.05, 0.1) is 11.3 Å². The van der Waals surface area contributed by atoms with E-state index < -0.39 is 0 Å². The summed E-state index contributed by atoms with van der Waals surface area (Å²) in [5.74, 6) is 0.556. The number of piperidine rings is 1. The maximum absolute atomic E-state index is 12.9. The SMILES string of the molecule is CN(C)CC1CCN(c2ccc(NC(=O)c3ccc(Br)cc3-n3cnnn3)cc2)CC1. The van der Waals surface area contributed by atoms with Crippen molar-refractivity contribution < 1.29 is 4.79 Å². The maximum atomic E-state index is 12.9. The molecule has 1 aliphatic heterocycles. The Labute approximate surface area is 190 Å². The van der Waals surface area contributed by atoms with E-state index in [4.69, 9.17) is 0 Å². The van der Waals surface area contributed by atoms with E-state index in [9.17, 15) is 4.79 Å². The number of amides is 1. The first-order valence-electron chi connectivity index (χ1n) is 10.3. The molecule has 1 aromatic heterocycles. The number of nitrogens with one attached hydrogen (secondary N) is 1. The van der Waals surface area contributed by atoms with Crippen LogP contribution in [-0.2, 0) is 0 Å². The van der Waals surface area contributed by atoms with Crippen molar-refractivity contribution in [3.8, 4) is 5.69 Å². The topological polar surface area (TPSA) is 79.2 Å². The summed E-state index contributed by atoms with van der Waals surface area (Å²) < 4.78 is 2.32. The molecule has 2 heterocycles. The lowest BCUT2D eigenvalue weighted by molar-refractivity contribution is 0.102. The summed E-state index contributed by atoms with van der Waals surface area (Å²) in [5, 5.41) is 14.2. The Bertz CT molecular complexity index is 1010. The van der Waals surface area contributed by atoms with Gasteiger partial charge in [-0.05, 0) is 85.7 Å². The molecular weight excluding hydrogens is 458 g/mol. The fourth-order valence-corrected chi connectivity index (χ4v) is 4.35. The molecule has 0 saturated carbocycles. The zero-order chi connectivity index (χ0) is 21.8. The van der Waals surface area contributed by atoms with Crippen LogP contribution in [0.3, 0.4) is 0 Å². The van der Waals surface area contributed by atoms with Gasteiger partial charge >= 0.3 is 0 Å². The van der Waals surface area contributed by atoms with Gasteiger partial charge in [0, 0.05) is 35.5 Å². The van der Waals surface area contributed by atoms with Crippen LogP contribution in [0.15, 0.2) is 53.3 Å². The molecule has 0 radical (unpaired) electrons. The van der Waals surface area contributed by atoms with Crippen molar-refractivity contribution in [3.05, 3.63) is 58.8 Å². The van der Waals surface area contributed by atoms with Crippen LogP contribution in [-0.4, -0.2) is 64.7 Å². The highest BCUT2D eigenvalue weighted by Crippen LogP contribution is 2.26. The van der Waals surface area contributed by atoms with E-state index in [0.29, 0.717) is 11.3 Å². The fraction of sp³-hybridized carbons (Fsp3) is 0.364. The third-order valence-corrected chi connectivity index (χ3v) is 6.02. The first-order valence-corrected chi connectivity index (χ1v) is 11.1. The number of hydrogen-bond acceptors (Lipinski definition) is 6. The summed E-state index contributed by atoms with van der Waals surface area (Å²) in [6, 6.07) is 13.4. The Morgan fingerprint density at radius 1 is 1.16 bits per heavy atom. The van der Waals surface area contributed by atoms with E-state index in [2.05, 4.69) is 72.8 Å². The van der Waals surface area contributed by atoms with Crippen LogP contribution in [0, 0.1) is 5.92 Å². The fourth-order valence-electron chi connectivity index (χ4n) is 4.00. The predicted octanol–water partition coefficient (Wildman–Crippen LogP) is 3.46. The Kier molecular flexibility index (Phi) is 6.62. The molecule has 1 amide bonds. The number of nitrogens with zero attached hydrogens (tertiary/aromatic N) is 6. The Morgan fingerprint density at radius 3 is 2.55 bits per heavy atom. The van der Waals surface area contributed by atoms with Crippen molar-refractivity contribution >= 4 is 33.2 Å². The number of hydrogen-bond donors (Lipinski definition) is 1. The molecule has 0 bridgehead atoms. The lowest BCUT2D eigenvalue weighted by Crippen LogP contribution is -2.37.